The van der Waals surface area contributed by atoms with E-state index in [1.807, 2.05) is 0 Å². The van der Waals surface area contributed by atoms with E-state index < -0.39 is 44.7 Å². The van der Waals surface area contributed by atoms with E-state index in [4.69, 9.17) is 20.4 Å². The fourth-order valence-electron chi connectivity index (χ4n) is 2.05. The Kier molecular flexibility index (Phi) is 9.29. The number of nitrogens with zero attached hydrogens (tertiary/aromatic N) is 2. The van der Waals surface area contributed by atoms with Gasteiger partial charge in [0.15, 0.2) is 5.75 Å². The summed E-state index contributed by atoms with van der Waals surface area (Å²) in [7, 11) is 0. The van der Waals surface area contributed by atoms with Crippen LogP contribution in [0.15, 0.2) is 72.8 Å². The van der Waals surface area contributed by atoms with Crippen molar-refractivity contribution in [1.82, 2.24) is 0 Å². The van der Waals surface area contributed by atoms with Gasteiger partial charge in [0.25, 0.3) is 5.75 Å². The number of carboxylic acids is 2. The molecule has 0 bridgehead atoms. The summed E-state index contributed by atoms with van der Waals surface area (Å²) in [6.07, 6.45) is 0. The molecule has 0 aliphatic rings. The summed E-state index contributed by atoms with van der Waals surface area (Å²) in [5, 5.41) is 55.3. The molecule has 0 spiro atoms. The van der Waals surface area contributed by atoms with Gasteiger partial charge in [0.05, 0.1) is 21.0 Å². The van der Waals surface area contributed by atoms with E-state index in [2.05, 4.69) is 0 Å². The number of carboxylic acid groups (broad SMARTS) is 2. The SMILES string of the molecule is O=C(O)c1ccccc1.O=C(O)c1ccccc1.O=[N+]([O-])c1ccc(O)c([N+](=O)[O-])c1O. The third-order valence-electron chi connectivity index (χ3n) is 3.53. The predicted molar refractivity (Wildman–Crippen MR) is 110 cm³/mol. The molecule has 0 unspecified atom stereocenters. The lowest BCUT2D eigenvalue weighted by Gasteiger charge is -1.98. The summed E-state index contributed by atoms with van der Waals surface area (Å²) in [6.45, 7) is 0. The minimum Gasteiger partial charge on any atom is -0.502 e. The van der Waals surface area contributed by atoms with Crippen LogP contribution >= 0.6 is 0 Å². The second-order valence-corrected chi connectivity index (χ2v) is 5.66. The number of phenols is 2. The number of hydrogen-bond donors (Lipinski definition) is 4. The maximum absolute atomic E-state index is 10.3. The number of hydrogen-bond acceptors (Lipinski definition) is 8. The van der Waals surface area contributed by atoms with Gasteiger partial charge in [0.1, 0.15) is 0 Å². The van der Waals surface area contributed by atoms with Crippen LogP contribution in [0.2, 0.25) is 0 Å². The fourth-order valence-corrected chi connectivity index (χ4v) is 2.05. The van der Waals surface area contributed by atoms with E-state index in [0.717, 1.165) is 12.1 Å². The van der Waals surface area contributed by atoms with Crippen LogP contribution in [0.5, 0.6) is 11.5 Å². The Balaban J connectivity index is 0.000000250. The van der Waals surface area contributed by atoms with Crippen molar-refractivity contribution in [2.75, 3.05) is 0 Å². The lowest BCUT2D eigenvalue weighted by Crippen LogP contribution is -1.94. The quantitative estimate of drug-likeness (QED) is 0.339. The molecular formula is C20H16N2O10. The van der Waals surface area contributed by atoms with Crippen LogP contribution in [0.25, 0.3) is 0 Å². The highest BCUT2D eigenvalue weighted by Gasteiger charge is 2.28. The molecule has 3 rings (SSSR count). The molecule has 0 aromatic heterocycles. The Bertz CT molecular complexity index is 1050. The van der Waals surface area contributed by atoms with Crippen LogP contribution in [0, 0.1) is 20.2 Å². The van der Waals surface area contributed by atoms with Gasteiger partial charge in [-0.1, -0.05) is 36.4 Å². The van der Waals surface area contributed by atoms with Crippen LogP contribution < -0.4 is 0 Å². The molecule has 4 N–H and O–H groups in total. The Morgan fingerprint density at radius 1 is 0.656 bits per heavy atom. The first-order chi connectivity index (χ1) is 15.1. The molecule has 0 atom stereocenters. The summed E-state index contributed by atoms with van der Waals surface area (Å²) in [6, 6.07) is 18.1. The maximum atomic E-state index is 10.3. The first-order valence-electron chi connectivity index (χ1n) is 8.46. The van der Waals surface area contributed by atoms with Gasteiger partial charge < -0.3 is 20.4 Å². The molecule has 32 heavy (non-hydrogen) atoms. The van der Waals surface area contributed by atoms with Crippen molar-refractivity contribution in [1.29, 1.82) is 0 Å². The van der Waals surface area contributed by atoms with Crippen LogP contribution in [0.3, 0.4) is 0 Å². The van der Waals surface area contributed by atoms with E-state index in [-0.39, 0.29) is 0 Å². The largest absolute Gasteiger partial charge is 0.502 e. The molecule has 3 aromatic carbocycles. The molecule has 0 fully saturated rings. The van der Waals surface area contributed by atoms with E-state index >= 15 is 0 Å². The summed E-state index contributed by atoms with van der Waals surface area (Å²) < 4.78 is 0. The van der Waals surface area contributed by atoms with Gasteiger partial charge in [-0.15, -0.1) is 0 Å². The maximum Gasteiger partial charge on any atom is 0.359 e. The highest BCUT2D eigenvalue weighted by atomic mass is 16.6. The first kappa shape index (κ1) is 25.0. The smallest absolute Gasteiger partial charge is 0.359 e. The standard InChI is InChI=1S/2C7H6O2.C6H4N2O6/c2*8-7(9)6-4-2-1-3-5-6;9-4-2-1-3(7(11)12)6(10)5(4)8(13)14/h2*1-5H,(H,8,9);1-2,9-10H. The molecule has 166 valence electrons. The molecule has 0 amide bonds. The molecule has 0 heterocycles. The number of aromatic carboxylic acids is 2. The number of aromatic hydroxyl groups is 2. The minimum atomic E-state index is -1.15. The van der Waals surface area contributed by atoms with Gasteiger partial charge in [-0.2, -0.15) is 0 Å². The summed E-state index contributed by atoms with van der Waals surface area (Å²) in [5.41, 5.74) is -1.23. The van der Waals surface area contributed by atoms with E-state index in [1.165, 1.54) is 0 Å². The lowest BCUT2D eigenvalue weighted by atomic mass is 10.2. The number of nitro benzene ring substituents is 2. The van der Waals surface area contributed by atoms with E-state index in [9.17, 15) is 29.8 Å². The highest BCUT2D eigenvalue weighted by molar-refractivity contribution is 5.87. The van der Waals surface area contributed by atoms with Gasteiger partial charge in [-0.3, -0.25) is 20.2 Å². The number of nitro groups is 2. The molecule has 0 aliphatic heterocycles. The Labute approximate surface area is 179 Å². The predicted octanol–water partition coefficient (Wildman–Crippen LogP) is 3.68. The van der Waals surface area contributed by atoms with Gasteiger partial charge in [-0.25, -0.2) is 9.59 Å². The molecule has 12 nitrogen and oxygen atoms in total. The van der Waals surface area contributed by atoms with Crippen molar-refractivity contribution in [2.45, 2.75) is 0 Å². The third-order valence-corrected chi connectivity index (χ3v) is 3.53. The molecule has 12 heteroatoms. The monoisotopic (exact) mass is 444 g/mol. The second kappa shape index (κ2) is 11.9. The Hall–Kier alpha value is -5.00. The molecular weight excluding hydrogens is 428 g/mol. The van der Waals surface area contributed by atoms with Crippen molar-refractivity contribution in [3.63, 3.8) is 0 Å². The third kappa shape index (κ3) is 7.44. The average Bonchev–Trinajstić information content (AvgIpc) is 2.75. The van der Waals surface area contributed by atoms with Gasteiger partial charge in [0, 0.05) is 6.07 Å². The zero-order valence-electron chi connectivity index (χ0n) is 16.1. The molecule has 0 saturated heterocycles. The van der Waals surface area contributed by atoms with Crippen molar-refractivity contribution in [2.24, 2.45) is 0 Å². The van der Waals surface area contributed by atoms with Crippen LogP contribution in [0.4, 0.5) is 11.4 Å². The van der Waals surface area contributed by atoms with Crippen LogP contribution in [0.1, 0.15) is 20.7 Å². The van der Waals surface area contributed by atoms with Crippen molar-refractivity contribution >= 4 is 23.3 Å². The van der Waals surface area contributed by atoms with Gasteiger partial charge in [0.2, 0.25) is 0 Å². The lowest BCUT2D eigenvalue weighted by molar-refractivity contribution is -0.396. The minimum absolute atomic E-state index is 0.331. The summed E-state index contributed by atoms with van der Waals surface area (Å²) >= 11 is 0. The summed E-state index contributed by atoms with van der Waals surface area (Å²) in [5.74, 6) is -3.73. The van der Waals surface area contributed by atoms with Gasteiger partial charge in [-0.05, 0) is 30.3 Å². The zero-order valence-corrected chi connectivity index (χ0v) is 16.1. The number of carbonyl (C=O) groups is 2. The van der Waals surface area contributed by atoms with Crippen LogP contribution in [-0.4, -0.2) is 42.2 Å². The number of benzene rings is 3. The zero-order chi connectivity index (χ0) is 24.3. The second-order valence-electron chi connectivity index (χ2n) is 5.66. The first-order valence-corrected chi connectivity index (χ1v) is 8.46. The highest BCUT2D eigenvalue weighted by Crippen LogP contribution is 2.41. The topological polar surface area (TPSA) is 201 Å². The van der Waals surface area contributed by atoms with Crippen molar-refractivity contribution in [3.05, 3.63) is 104 Å². The van der Waals surface area contributed by atoms with E-state index in [0.29, 0.717) is 11.1 Å². The van der Waals surface area contributed by atoms with Crippen molar-refractivity contribution in [3.8, 4) is 11.5 Å². The molecule has 0 aliphatic carbocycles. The normalized spacial score (nSPS) is 9.25. The summed E-state index contributed by atoms with van der Waals surface area (Å²) in [4.78, 5) is 38.8. The Morgan fingerprint density at radius 2 is 1.06 bits per heavy atom. The number of phenolic OH excluding ortho intramolecular Hbond substituents is 2. The van der Waals surface area contributed by atoms with E-state index in [1.54, 1.807) is 60.7 Å². The molecule has 3 aromatic rings. The van der Waals surface area contributed by atoms with Gasteiger partial charge >= 0.3 is 23.3 Å². The van der Waals surface area contributed by atoms with Crippen LogP contribution in [-0.2, 0) is 0 Å². The fraction of sp³-hybridized carbons (Fsp3) is 0. The molecule has 0 saturated carbocycles. The average molecular weight is 444 g/mol. The Morgan fingerprint density at radius 3 is 1.34 bits per heavy atom. The molecule has 0 radical (unpaired) electrons. The van der Waals surface area contributed by atoms with Crippen molar-refractivity contribution < 1.29 is 39.9 Å². The number of rotatable bonds is 4.